The van der Waals surface area contributed by atoms with Crippen molar-refractivity contribution in [3.63, 3.8) is 0 Å². The van der Waals surface area contributed by atoms with Gasteiger partial charge in [-0.25, -0.2) is 14.4 Å². The van der Waals surface area contributed by atoms with E-state index in [1.54, 1.807) is 6.07 Å². The molecule has 3 aliphatic heterocycles. The van der Waals surface area contributed by atoms with E-state index in [1.807, 2.05) is 57.7 Å². The van der Waals surface area contributed by atoms with E-state index in [0.29, 0.717) is 17.3 Å². The van der Waals surface area contributed by atoms with E-state index in [2.05, 4.69) is 38.3 Å². The molecule has 6 rings (SSSR count). The average Bonchev–Trinajstić information content (AvgIpc) is 3.44. The van der Waals surface area contributed by atoms with E-state index in [4.69, 9.17) is 9.41 Å². The van der Waals surface area contributed by atoms with Gasteiger partial charge in [0.15, 0.2) is 0 Å². The molecule has 8 heteroatoms. The van der Waals surface area contributed by atoms with Gasteiger partial charge in [-0.15, -0.1) is 0 Å². The minimum Gasteiger partial charge on any atom is -0.444 e. The zero-order valence-corrected chi connectivity index (χ0v) is 21.7. The van der Waals surface area contributed by atoms with Gasteiger partial charge in [0.05, 0.1) is 16.9 Å². The lowest BCUT2D eigenvalue weighted by Crippen LogP contribution is -2.47. The van der Waals surface area contributed by atoms with Crippen molar-refractivity contribution in [3.05, 3.63) is 76.3 Å². The second-order valence-electron chi connectivity index (χ2n) is 10.2. The molecule has 0 radical (unpaired) electrons. The average molecular weight is 497 g/mol. The molecule has 0 saturated heterocycles. The van der Waals surface area contributed by atoms with E-state index in [0.717, 1.165) is 59.2 Å². The number of nitrogens with zero attached hydrogens (tertiary/aromatic N) is 5. The third kappa shape index (κ3) is 3.77. The Morgan fingerprint density at radius 1 is 1.11 bits per heavy atom. The summed E-state index contributed by atoms with van der Waals surface area (Å²) >= 11 is 0. The first-order valence-electron chi connectivity index (χ1n) is 12.6. The summed E-state index contributed by atoms with van der Waals surface area (Å²) in [6, 6.07) is 11.3. The number of hydrogen-bond donors (Lipinski definition) is 1. The van der Waals surface area contributed by atoms with Crippen LogP contribution in [0, 0.1) is 31.5 Å². The molecule has 7 nitrogen and oxygen atoms in total. The number of aromatic nitrogens is 1. The minimum absolute atomic E-state index is 0.296. The molecule has 4 heterocycles. The molecule has 1 N–H and O–H groups in total. The number of hydrazone groups is 1. The molecule has 3 aliphatic rings. The van der Waals surface area contributed by atoms with Crippen molar-refractivity contribution in [2.75, 3.05) is 16.3 Å². The second kappa shape index (κ2) is 8.48. The van der Waals surface area contributed by atoms with Crippen molar-refractivity contribution in [2.24, 2.45) is 10.1 Å². The molecule has 1 unspecified atom stereocenters. The standard InChI is InChI=1S/C29H29FN6O/c1-17-18(2)37-27(31-17)29(4,5)15-14-20-9-6-12-23-21(20)10-8-16-35(23)26-25-22(30)11-7-13-24(25)36-19(3)33-34-28(36)32-26/h6-7,9,11-13,28,34H,8,10,16H2,1-5H3. The van der Waals surface area contributed by atoms with Crippen LogP contribution in [-0.2, 0) is 11.8 Å². The monoisotopic (exact) mass is 496 g/mol. The fraction of sp³-hybridized carbons (Fsp3) is 0.345. The number of fused-ring (bicyclic) bond motifs is 4. The molecule has 1 atom stereocenters. The van der Waals surface area contributed by atoms with Crippen LogP contribution in [0.15, 0.2) is 50.9 Å². The van der Waals surface area contributed by atoms with Crippen molar-refractivity contribution in [2.45, 2.75) is 59.2 Å². The normalized spacial score (nSPS) is 18.2. The maximum Gasteiger partial charge on any atom is 0.218 e. The van der Waals surface area contributed by atoms with E-state index in [9.17, 15) is 0 Å². The molecule has 0 spiro atoms. The molecule has 37 heavy (non-hydrogen) atoms. The van der Waals surface area contributed by atoms with Crippen molar-refractivity contribution in [3.8, 4) is 11.8 Å². The highest BCUT2D eigenvalue weighted by Crippen LogP contribution is 2.37. The smallest absolute Gasteiger partial charge is 0.218 e. The van der Waals surface area contributed by atoms with E-state index in [1.165, 1.54) is 6.07 Å². The van der Waals surface area contributed by atoms with Crippen LogP contribution in [-0.4, -0.2) is 29.5 Å². The van der Waals surface area contributed by atoms with Crippen LogP contribution in [0.25, 0.3) is 0 Å². The highest BCUT2D eigenvalue weighted by molar-refractivity contribution is 6.17. The summed E-state index contributed by atoms with van der Waals surface area (Å²) in [6.07, 6.45) is 1.40. The number of halogens is 1. The number of aryl methyl sites for hydroxylation is 2. The quantitative estimate of drug-likeness (QED) is 0.480. The first-order valence-corrected chi connectivity index (χ1v) is 12.6. The van der Waals surface area contributed by atoms with E-state index < -0.39 is 11.7 Å². The summed E-state index contributed by atoms with van der Waals surface area (Å²) in [7, 11) is 0. The van der Waals surface area contributed by atoms with Crippen LogP contribution >= 0.6 is 0 Å². The Bertz CT molecular complexity index is 1520. The van der Waals surface area contributed by atoms with Gasteiger partial charge in [0.1, 0.15) is 28.7 Å². The number of oxazole rings is 1. The second-order valence-corrected chi connectivity index (χ2v) is 10.2. The van der Waals surface area contributed by atoms with Gasteiger partial charge in [-0.3, -0.25) is 10.3 Å². The molecular formula is C29H29FN6O. The fourth-order valence-corrected chi connectivity index (χ4v) is 5.13. The van der Waals surface area contributed by atoms with Crippen LogP contribution in [0.4, 0.5) is 15.8 Å². The first kappa shape index (κ1) is 23.3. The van der Waals surface area contributed by atoms with Crippen LogP contribution in [0.3, 0.4) is 0 Å². The molecule has 3 aromatic rings. The first-order chi connectivity index (χ1) is 17.7. The summed E-state index contributed by atoms with van der Waals surface area (Å²) < 4.78 is 21.2. The number of hydrogen-bond acceptors (Lipinski definition) is 7. The van der Waals surface area contributed by atoms with Crippen molar-refractivity contribution >= 4 is 23.0 Å². The molecule has 188 valence electrons. The minimum atomic E-state index is -0.541. The molecule has 0 amide bonds. The predicted molar refractivity (Wildman–Crippen MR) is 143 cm³/mol. The summed E-state index contributed by atoms with van der Waals surface area (Å²) in [4.78, 5) is 13.6. The highest BCUT2D eigenvalue weighted by atomic mass is 19.1. The summed E-state index contributed by atoms with van der Waals surface area (Å²) in [5.74, 6) is 9.31. The Balaban J connectivity index is 1.41. The lowest BCUT2D eigenvalue weighted by Gasteiger charge is -2.38. The van der Waals surface area contributed by atoms with Gasteiger partial charge in [-0.05, 0) is 77.3 Å². The van der Waals surface area contributed by atoms with E-state index >= 15 is 4.39 Å². The third-order valence-corrected chi connectivity index (χ3v) is 7.23. The fourth-order valence-electron chi connectivity index (χ4n) is 5.13. The van der Waals surface area contributed by atoms with Gasteiger partial charge in [-0.2, -0.15) is 5.10 Å². The van der Waals surface area contributed by atoms with Gasteiger partial charge >= 0.3 is 0 Å². The van der Waals surface area contributed by atoms with Crippen LogP contribution < -0.4 is 15.2 Å². The van der Waals surface area contributed by atoms with Crippen LogP contribution in [0.5, 0.6) is 0 Å². The molecule has 1 aromatic heterocycles. The molecule has 0 saturated carbocycles. The van der Waals surface area contributed by atoms with Gasteiger partial charge in [0.25, 0.3) is 0 Å². The van der Waals surface area contributed by atoms with Crippen molar-refractivity contribution < 1.29 is 8.81 Å². The molecule has 0 aliphatic carbocycles. The zero-order valence-electron chi connectivity index (χ0n) is 21.7. The maximum absolute atomic E-state index is 15.3. The number of benzene rings is 2. The van der Waals surface area contributed by atoms with E-state index in [-0.39, 0.29) is 5.82 Å². The molecule has 0 fully saturated rings. The van der Waals surface area contributed by atoms with Crippen LogP contribution in [0.2, 0.25) is 0 Å². The maximum atomic E-state index is 15.3. The zero-order chi connectivity index (χ0) is 25.9. The summed E-state index contributed by atoms with van der Waals surface area (Å²) in [6.45, 7) is 10.5. The largest absolute Gasteiger partial charge is 0.444 e. The van der Waals surface area contributed by atoms with Gasteiger partial charge < -0.3 is 9.32 Å². The SMILES string of the molecule is CC1=NNC2N=C(N3CCCc4c(C#CC(C)(C)c5nc(C)c(C)o5)cccc43)c3c(F)cccc3N12. The summed E-state index contributed by atoms with van der Waals surface area (Å²) in [5.41, 5.74) is 7.79. The van der Waals surface area contributed by atoms with Gasteiger partial charge in [0.2, 0.25) is 12.2 Å². The number of anilines is 2. The Morgan fingerprint density at radius 3 is 2.68 bits per heavy atom. The number of rotatable bonds is 1. The Kier molecular flexibility index (Phi) is 5.34. The lowest BCUT2D eigenvalue weighted by molar-refractivity contribution is 0.413. The Hall–Kier alpha value is -4.12. The van der Waals surface area contributed by atoms with Crippen molar-refractivity contribution in [1.82, 2.24) is 10.4 Å². The number of nitrogens with one attached hydrogen (secondary N) is 1. The number of amidine groups is 2. The molecule has 2 aromatic carbocycles. The third-order valence-electron chi connectivity index (χ3n) is 7.23. The Labute approximate surface area is 216 Å². The Morgan fingerprint density at radius 2 is 1.89 bits per heavy atom. The molecular weight excluding hydrogens is 467 g/mol. The van der Waals surface area contributed by atoms with Gasteiger partial charge in [0, 0.05) is 17.8 Å². The lowest BCUT2D eigenvalue weighted by atomic mass is 9.91. The predicted octanol–water partition coefficient (Wildman–Crippen LogP) is 5.00. The topological polar surface area (TPSA) is 69.3 Å². The molecule has 0 bridgehead atoms. The van der Waals surface area contributed by atoms with Crippen LogP contribution in [0.1, 0.15) is 61.2 Å². The summed E-state index contributed by atoms with van der Waals surface area (Å²) in [5, 5.41) is 4.34. The number of aliphatic imine (C=N–C) groups is 1. The highest BCUT2D eigenvalue weighted by Gasteiger charge is 2.38. The van der Waals surface area contributed by atoms with Crippen molar-refractivity contribution in [1.29, 1.82) is 0 Å². The van der Waals surface area contributed by atoms with Gasteiger partial charge in [-0.1, -0.05) is 24.0 Å².